The molecule has 0 spiro atoms. The Morgan fingerprint density at radius 3 is 2.80 bits per heavy atom. The average molecular weight is 410 g/mol. The predicted molar refractivity (Wildman–Crippen MR) is 123 cm³/mol. The minimum atomic E-state index is -0.0987. The Balaban J connectivity index is 1.40. The van der Waals surface area contributed by atoms with Crippen molar-refractivity contribution in [3.05, 3.63) is 83.6 Å². The zero-order valence-corrected chi connectivity index (χ0v) is 17.1. The van der Waals surface area contributed by atoms with Crippen LogP contribution >= 0.6 is 11.3 Å². The van der Waals surface area contributed by atoms with Crippen molar-refractivity contribution in [2.75, 3.05) is 5.32 Å². The highest BCUT2D eigenvalue weighted by Crippen LogP contribution is 2.37. The fourth-order valence-corrected chi connectivity index (χ4v) is 5.44. The highest BCUT2D eigenvalue weighted by Gasteiger charge is 2.16. The lowest BCUT2D eigenvalue weighted by Crippen LogP contribution is -2.12. The lowest BCUT2D eigenvalue weighted by Gasteiger charge is -2.09. The van der Waals surface area contributed by atoms with E-state index in [1.165, 1.54) is 27.6 Å². The van der Waals surface area contributed by atoms with Crippen molar-refractivity contribution in [2.45, 2.75) is 19.3 Å². The molecule has 0 fully saturated rings. The van der Waals surface area contributed by atoms with Crippen molar-refractivity contribution in [3.63, 3.8) is 0 Å². The minimum Gasteiger partial charge on any atom is -0.322 e. The molecule has 2 aromatic heterocycles. The van der Waals surface area contributed by atoms with Gasteiger partial charge in [-0.05, 0) is 72.2 Å². The number of aryl methyl sites for hydroxylation is 2. The van der Waals surface area contributed by atoms with Crippen molar-refractivity contribution in [1.82, 2.24) is 10.2 Å². The van der Waals surface area contributed by atoms with E-state index in [0.29, 0.717) is 5.56 Å². The third-order valence-electron chi connectivity index (χ3n) is 5.86. The molecule has 6 rings (SSSR count). The van der Waals surface area contributed by atoms with Gasteiger partial charge >= 0.3 is 0 Å². The van der Waals surface area contributed by atoms with Crippen LogP contribution in [0.4, 0.5) is 5.69 Å². The Labute approximate surface area is 177 Å². The van der Waals surface area contributed by atoms with Crippen LogP contribution in [0, 0.1) is 0 Å². The number of nitrogens with zero attached hydrogens (tertiary/aromatic N) is 1. The molecule has 0 atom stereocenters. The summed E-state index contributed by atoms with van der Waals surface area (Å²) in [5.41, 5.74) is 6.21. The molecule has 3 aromatic carbocycles. The van der Waals surface area contributed by atoms with Crippen molar-refractivity contribution < 1.29 is 4.79 Å². The Morgan fingerprint density at radius 1 is 0.967 bits per heavy atom. The first-order chi connectivity index (χ1) is 14.7. The van der Waals surface area contributed by atoms with E-state index in [-0.39, 0.29) is 5.91 Å². The van der Waals surface area contributed by atoms with Crippen LogP contribution in [-0.4, -0.2) is 16.1 Å². The summed E-state index contributed by atoms with van der Waals surface area (Å²) in [6.07, 6.45) is 5.20. The Bertz CT molecular complexity index is 1400. The lowest BCUT2D eigenvalue weighted by molar-refractivity contribution is 0.102. The van der Waals surface area contributed by atoms with Crippen molar-refractivity contribution in [1.29, 1.82) is 0 Å². The van der Waals surface area contributed by atoms with Gasteiger partial charge in [-0.3, -0.25) is 9.89 Å². The molecule has 2 heterocycles. The fourth-order valence-electron chi connectivity index (χ4n) is 4.35. The second kappa shape index (κ2) is 6.82. The standard InChI is InChI=1S/C25H19N3OS/c29-25(27-20-9-8-15-5-3-6-16(15)11-20)18-10-19-14-26-28-24(19)21(12-18)23-13-17-4-1-2-7-22(17)30-23/h1-2,4,7-14H,3,5-6H2,(H,26,28)(H,27,29). The topological polar surface area (TPSA) is 57.8 Å². The van der Waals surface area contributed by atoms with Crippen LogP contribution in [0.3, 0.4) is 0 Å². The van der Waals surface area contributed by atoms with Gasteiger partial charge in [0.25, 0.3) is 5.91 Å². The van der Waals surface area contributed by atoms with E-state index in [1.807, 2.05) is 24.3 Å². The second-order valence-electron chi connectivity index (χ2n) is 7.80. The molecule has 5 aromatic rings. The maximum atomic E-state index is 13.1. The van der Waals surface area contributed by atoms with E-state index in [9.17, 15) is 4.79 Å². The largest absolute Gasteiger partial charge is 0.322 e. The van der Waals surface area contributed by atoms with Crippen LogP contribution in [0.15, 0.2) is 66.9 Å². The molecular formula is C25H19N3OS. The van der Waals surface area contributed by atoms with Gasteiger partial charge in [0.1, 0.15) is 0 Å². The highest BCUT2D eigenvalue weighted by molar-refractivity contribution is 7.22. The number of aromatic amines is 1. The third-order valence-corrected chi connectivity index (χ3v) is 7.01. The number of hydrogen-bond donors (Lipinski definition) is 2. The first-order valence-corrected chi connectivity index (χ1v) is 11.0. The zero-order valence-electron chi connectivity index (χ0n) is 16.2. The minimum absolute atomic E-state index is 0.0987. The Kier molecular flexibility index (Phi) is 3.96. The summed E-state index contributed by atoms with van der Waals surface area (Å²) in [5, 5.41) is 12.5. The maximum Gasteiger partial charge on any atom is 0.255 e. The summed E-state index contributed by atoms with van der Waals surface area (Å²) in [5.74, 6) is -0.0987. The van der Waals surface area contributed by atoms with Crippen LogP contribution in [-0.2, 0) is 12.8 Å². The van der Waals surface area contributed by atoms with Gasteiger partial charge in [-0.15, -0.1) is 11.3 Å². The van der Waals surface area contributed by atoms with Crippen LogP contribution in [0.1, 0.15) is 27.9 Å². The summed E-state index contributed by atoms with van der Waals surface area (Å²) >= 11 is 1.73. The number of H-pyrrole nitrogens is 1. The molecule has 0 radical (unpaired) electrons. The van der Waals surface area contributed by atoms with Gasteiger partial charge in [0, 0.05) is 31.8 Å². The Morgan fingerprint density at radius 2 is 1.87 bits per heavy atom. The van der Waals surface area contributed by atoms with Gasteiger partial charge in [-0.25, -0.2) is 0 Å². The normalized spacial score (nSPS) is 13.1. The molecule has 2 N–H and O–H groups in total. The van der Waals surface area contributed by atoms with E-state index in [1.54, 1.807) is 17.5 Å². The van der Waals surface area contributed by atoms with Crippen LogP contribution in [0.2, 0.25) is 0 Å². The van der Waals surface area contributed by atoms with Crippen LogP contribution in [0.5, 0.6) is 0 Å². The van der Waals surface area contributed by atoms with Gasteiger partial charge in [0.2, 0.25) is 0 Å². The monoisotopic (exact) mass is 409 g/mol. The Hall–Kier alpha value is -3.44. The molecule has 0 saturated carbocycles. The molecule has 1 aliphatic carbocycles. The number of benzene rings is 3. The molecule has 1 aliphatic rings. The van der Waals surface area contributed by atoms with Crippen LogP contribution in [0.25, 0.3) is 31.4 Å². The number of carbonyl (C=O) groups excluding carboxylic acids is 1. The molecule has 0 saturated heterocycles. The lowest BCUT2D eigenvalue weighted by atomic mass is 10.0. The molecule has 1 amide bonds. The zero-order chi connectivity index (χ0) is 20.1. The van der Waals surface area contributed by atoms with Crippen LogP contribution < -0.4 is 5.32 Å². The summed E-state index contributed by atoms with van der Waals surface area (Å²) in [6.45, 7) is 0. The van der Waals surface area contributed by atoms with Crippen molar-refractivity contribution in [3.8, 4) is 10.4 Å². The van der Waals surface area contributed by atoms with E-state index in [4.69, 9.17) is 0 Å². The number of amides is 1. The molecule has 0 bridgehead atoms. The number of hydrogen-bond acceptors (Lipinski definition) is 3. The van der Waals surface area contributed by atoms with Gasteiger partial charge in [-0.2, -0.15) is 5.10 Å². The maximum absolute atomic E-state index is 13.1. The number of fused-ring (bicyclic) bond motifs is 3. The third kappa shape index (κ3) is 2.90. The summed E-state index contributed by atoms with van der Waals surface area (Å²) < 4.78 is 1.23. The SMILES string of the molecule is O=C(Nc1ccc2c(c1)CCC2)c1cc(-c2cc3ccccc3s2)c2[nH]ncc2c1. The number of carbonyl (C=O) groups is 1. The first-order valence-electron chi connectivity index (χ1n) is 10.1. The predicted octanol–water partition coefficient (Wildman–Crippen LogP) is 6.19. The first kappa shape index (κ1) is 17.4. The summed E-state index contributed by atoms with van der Waals surface area (Å²) in [4.78, 5) is 14.2. The fraction of sp³-hybridized carbons (Fsp3) is 0.120. The van der Waals surface area contributed by atoms with Crippen molar-refractivity contribution in [2.24, 2.45) is 0 Å². The molecule has 4 nitrogen and oxygen atoms in total. The smallest absolute Gasteiger partial charge is 0.255 e. The molecule has 30 heavy (non-hydrogen) atoms. The average Bonchev–Trinajstić information content (AvgIpc) is 3.50. The van der Waals surface area contributed by atoms with Gasteiger partial charge in [0.15, 0.2) is 0 Å². The number of nitrogens with one attached hydrogen (secondary N) is 2. The number of thiophene rings is 1. The van der Waals surface area contributed by atoms with E-state index >= 15 is 0 Å². The van der Waals surface area contributed by atoms with E-state index in [2.05, 4.69) is 51.9 Å². The van der Waals surface area contributed by atoms with Crippen molar-refractivity contribution >= 4 is 43.9 Å². The number of anilines is 1. The molecule has 5 heteroatoms. The van der Waals surface area contributed by atoms with E-state index in [0.717, 1.165) is 39.9 Å². The molecule has 0 aliphatic heterocycles. The molecule has 146 valence electrons. The van der Waals surface area contributed by atoms with Gasteiger partial charge in [0.05, 0.1) is 11.7 Å². The highest BCUT2D eigenvalue weighted by atomic mass is 32.1. The summed E-state index contributed by atoms with van der Waals surface area (Å²) in [6, 6.07) is 20.6. The summed E-state index contributed by atoms with van der Waals surface area (Å²) in [7, 11) is 0. The molecular weight excluding hydrogens is 390 g/mol. The number of aromatic nitrogens is 2. The number of rotatable bonds is 3. The van der Waals surface area contributed by atoms with Gasteiger partial charge < -0.3 is 5.32 Å². The quantitative estimate of drug-likeness (QED) is 0.373. The van der Waals surface area contributed by atoms with E-state index < -0.39 is 0 Å². The molecule has 0 unspecified atom stereocenters. The van der Waals surface area contributed by atoms with Gasteiger partial charge in [-0.1, -0.05) is 24.3 Å². The second-order valence-corrected chi connectivity index (χ2v) is 8.88.